The van der Waals surface area contributed by atoms with Gasteiger partial charge in [0.1, 0.15) is 0 Å². The summed E-state index contributed by atoms with van der Waals surface area (Å²) >= 11 is 6.14. The maximum Gasteiger partial charge on any atom is 0.0408 e. The van der Waals surface area contributed by atoms with Gasteiger partial charge >= 0.3 is 0 Å². The fourth-order valence-corrected chi connectivity index (χ4v) is 2.66. The molecule has 1 N–H and O–H groups in total. The summed E-state index contributed by atoms with van der Waals surface area (Å²) < 4.78 is 0. The van der Waals surface area contributed by atoms with Crippen molar-refractivity contribution in [2.24, 2.45) is 5.92 Å². The van der Waals surface area contributed by atoms with Gasteiger partial charge in [0, 0.05) is 17.1 Å². The second kappa shape index (κ2) is 7.31. The van der Waals surface area contributed by atoms with Gasteiger partial charge in [-0.25, -0.2) is 0 Å². The maximum absolute atomic E-state index is 6.14. The van der Waals surface area contributed by atoms with Crippen LogP contribution in [0.1, 0.15) is 58.9 Å². The Morgan fingerprint density at radius 3 is 2.47 bits per heavy atom. The lowest BCUT2D eigenvalue weighted by Gasteiger charge is -2.29. The lowest BCUT2D eigenvalue weighted by Crippen LogP contribution is -2.39. The predicted molar refractivity (Wildman–Crippen MR) is 86.0 cm³/mol. The van der Waals surface area contributed by atoms with Crippen molar-refractivity contribution in [1.82, 2.24) is 5.32 Å². The van der Waals surface area contributed by atoms with E-state index in [-0.39, 0.29) is 5.54 Å². The molecule has 0 aromatic heterocycles. The number of hydrogen-bond donors (Lipinski definition) is 1. The van der Waals surface area contributed by atoms with Crippen LogP contribution >= 0.6 is 11.6 Å². The molecule has 0 fully saturated rings. The van der Waals surface area contributed by atoms with Crippen molar-refractivity contribution in [3.63, 3.8) is 0 Å². The molecule has 0 amide bonds. The second-order valence-electron chi connectivity index (χ2n) is 6.56. The molecule has 19 heavy (non-hydrogen) atoms. The number of rotatable bonds is 6. The molecule has 0 aliphatic carbocycles. The summed E-state index contributed by atoms with van der Waals surface area (Å²) in [5.74, 6) is 1.19. The molecule has 108 valence electrons. The van der Waals surface area contributed by atoms with Crippen LogP contribution in [0.4, 0.5) is 0 Å². The van der Waals surface area contributed by atoms with Crippen LogP contribution in [0.3, 0.4) is 0 Å². The Morgan fingerprint density at radius 1 is 1.26 bits per heavy atom. The number of benzene rings is 1. The third-order valence-corrected chi connectivity index (χ3v) is 3.80. The predicted octanol–water partition coefficient (Wildman–Crippen LogP) is 5.25. The first-order valence-corrected chi connectivity index (χ1v) is 7.71. The van der Waals surface area contributed by atoms with Crippen LogP contribution in [-0.4, -0.2) is 12.1 Å². The normalized spacial score (nSPS) is 15.3. The van der Waals surface area contributed by atoms with Crippen LogP contribution in [0, 0.1) is 5.92 Å². The Morgan fingerprint density at radius 2 is 1.95 bits per heavy atom. The first kappa shape index (κ1) is 16.5. The molecule has 0 spiro atoms. The number of hydrogen-bond acceptors (Lipinski definition) is 1. The average molecular weight is 282 g/mol. The van der Waals surface area contributed by atoms with E-state index in [4.69, 9.17) is 11.6 Å². The molecular weight excluding hydrogens is 254 g/mol. The minimum Gasteiger partial charge on any atom is -0.311 e. The molecule has 2 heteroatoms. The molecule has 0 saturated heterocycles. The zero-order valence-electron chi connectivity index (χ0n) is 13.0. The largest absolute Gasteiger partial charge is 0.311 e. The van der Waals surface area contributed by atoms with Gasteiger partial charge in [-0.05, 0) is 50.3 Å². The van der Waals surface area contributed by atoms with E-state index in [9.17, 15) is 0 Å². The van der Waals surface area contributed by atoms with E-state index in [1.807, 2.05) is 6.07 Å². The molecule has 0 radical (unpaired) electrons. The summed E-state index contributed by atoms with van der Waals surface area (Å²) in [7, 11) is 0. The van der Waals surface area contributed by atoms with E-state index in [0.717, 1.165) is 11.6 Å². The Balaban J connectivity index is 2.85. The average Bonchev–Trinajstić information content (AvgIpc) is 2.28. The summed E-state index contributed by atoms with van der Waals surface area (Å²) in [6.07, 6.45) is 2.48. The van der Waals surface area contributed by atoms with Crippen LogP contribution in [-0.2, 0) is 0 Å². The van der Waals surface area contributed by atoms with E-state index in [2.05, 4.69) is 58.1 Å². The molecule has 0 aliphatic rings. The van der Waals surface area contributed by atoms with E-state index >= 15 is 0 Å². The van der Waals surface area contributed by atoms with Crippen molar-refractivity contribution in [3.05, 3.63) is 34.9 Å². The minimum atomic E-state index is 0.156. The zero-order valence-corrected chi connectivity index (χ0v) is 13.7. The molecule has 1 aromatic rings. The van der Waals surface area contributed by atoms with E-state index < -0.39 is 0 Å². The van der Waals surface area contributed by atoms with Crippen molar-refractivity contribution in [2.45, 2.75) is 58.9 Å². The summed E-state index contributed by atoms with van der Waals surface area (Å²) in [4.78, 5) is 0. The van der Waals surface area contributed by atoms with E-state index in [1.54, 1.807) is 0 Å². The van der Waals surface area contributed by atoms with Crippen molar-refractivity contribution in [3.8, 4) is 0 Å². The highest BCUT2D eigenvalue weighted by atomic mass is 35.5. The fourth-order valence-electron chi connectivity index (χ4n) is 2.46. The monoisotopic (exact) mass is 281 g/mol. The van der Waals surface area contributed by atoms with Gasteiger partial charge in [-0.2, -0.15) is 0 Å². The Hall–Kier alpha value is -0.530. The first-order valence-electron chi connectivity index (χ1n) is 7.34. The summed E-state index contributed by atoms with van der Waals surface area (Å²) in [5, 5.41) is 4.47. The van der Waals surface area contributed by atoms with Gasteiger partial charge < -0.3 is 5.32 Å². The SMILES string of the molecule is CCCC(C)C(CNC(C)(C)C)c1cccc(Cl)c1. The fraction of sp³-hybridized carbons (Fsp3) is 0.647. The molecule has 1 aromatic carbocycles. The molecule has 0 aliphatic heterocycles. The molecule has 0 bridgehead atoms. The minimum absolute atomic E-state index is 0.156. The van der Waals surface area contributed by atoms with Crippen LogP contribution in [0.25, 0.3) is 0 Å². The van der Waals surface area contributed by atoms with Gasteiger partial charge in [-0.15, -0.1) is 0 Å². The van der Waals surface area contributed by atoms with E-state index in [0.29, 0.717) is 11.8 Å². The highest BCUT2D eigenvalue weighted by Crippen LogP contribution is 2.29. The third kappa shape index (κ3) is 5.97. The quantitative estimate of drug-likeness (QED) is 0.751. The van der Waals surface area contributed by atoms with Crippen LogP contribution in [0.5, 0.6) is 0 Å². The molecular formula is C17H28ClN. The van der Waals surface area contributed by atoms with Crippen LogP contribution in [0.2, 0.25) is 5.02 Å². The van der Waals surface area contributed by atoms with Crippen molar-refractivity contribution in [2.75, 3.05) is 6.54 Å². The lowest BCUT2D eigenvalue weighted by molar-refractivity contribution is 0.348. The lowest BCUT2D eigenvalue weighted by atomic mass is 9.84. The Labute approximate surface area is 123 Å². The highest BCUT2D eigenvalue weighted by molar-refractivity contribution is 6.30. The van der Waals surface area contributed by atoms with Crippen LogP contribution in [0.15, 0.2) is 24.3 Å². The van der Waals surface area contributed by atoms with Crippen LogP contribution < -0.4 is 5.32 Å². The van der Waals surface area contributed by atoms with E-state index in [1.165, 1.54) is 18.4 Å². The maximum atomic E-state index is 6.14. The van der Waals surface area contributed by atoms with Crippen molar-refractivity contribution in [1.29, 1.82) is 0 Å². The molecule has 1 rings (SSSR count). The third-order valence-electron chi connectivity index (χ3n) is 3.56. The second-order valence-corrected chi connectivity index (χ2v) is 6.99. The topological polar surface area (TPSA) is 12.0 Å². The smallest absolute Gasteiger partial charge is 0.0408 e. The van der Waals surface area contributed by atoms with Gasteiger partial charge in [0.15, 0.2) is 0 Å². The van der Waals surface area contributed by atoms with Gasteiger partial charge in [-0.1, -0.05) is 50.4 Å². The standard InChI is InChI=1S/C17H28ClN/c1-6-8-13(2)16(12-19-17(3,4)5)14-9-7-10-15(18)11-14/h7,9-11,13,16,19H,6,8,12H2,1-5H3. The Bertz CT molecular complexity index is 381. The Kier molecular flexibility index (Phi) is 6.35. The molecule has 2 unspecified atom stereocenters. The van der Waals surface area contributed by atoms with Gasteiger partial charge in [0.05, 0.1) is 0 Å². The summed E-state index contributed by atoms with van der Waals surface area (Å²) in [5.41, 5.74) is 1.51. The molecule has 0 saturated carbocycles. The molecule has 1 nitrogen and oxygen atoms in total. The van der Waals surface area contributed by atoms with Gasteiger partial charge in [-0.3, -0.25) is 0 Å². The van der Waals surface area contributed by atoms with Gasteiger partial charge in [0.2, 0.25) is 0 Å². The first-order chi connectivity index (χ1) is 8.83. The zero-order chi connectivity index (χ0) is 14.5. The summed E-state index contributed by atoms with van der Waals surface area (Å²) in [6.45, 7) is 12.2. The number of nitrogens with one attached hydrogen (secondary N) is 1. The number of halogens is 1. The summed E-state index contributed by atoms with van der Waals surface area (Å²) in [6, 6.07) is 8.32. The molecule has 2 atom stereocenters. The van der Waals surface area contributed by atoms with Crippen molar-refractivity contribution >= 4 is 11.6 Å². The van der Waals surface area contributed by atoms with Crippen molar-refractivity contribution < 1.29 is 0 Å². The highest BCUT2D eigenvalue weighted by Gasteiger charge is 2.21. The molecule has 0 heterocycles. The van der Waals surface area contributed by atoms with Gasteiger partial charge in [0.25, 0.3) is 0 Å².